The van der Waals surface area contributed by atoms with Gasteiger partial charge in [0.05, 0.1) is 17.7 Å². The molecule has 0 fully saturated rings. The van der Waals surface area contributed by atoms with Gasteiger partial charge in [0.1, 0.15) is 11.6 Å². The van der Waals surface area contributed by atoms with Crippen LogP contribution in [-0.2, 0) is 13.0 Å². The number of para-hydroxylation sites is 1. The summed E-state index contributed by atoms with van der Waals surface area (Å²) in [4.78, 5) is 12.7. The molecule has 1 aliphatic rings. The maximum atomic E-state index is 12.7. The zero-order chi connectivity index (χ0) is 19.5. The number of hydrogen-bond donors (Lipinski definition) is 1. The molecule has 2 heterocycles. The normalized spacial score (nSPS) is 13.5. The first-order valence-corrected chi connectivity index (χ1v) is 9.71. The standard InChI is InChI=1S/C21H21ClN4O2/c1-28-18-8-5-4-7-15(18)21(27)23-14-10-11-17(22)16(13-14)20-25-24-19-9-3-2-6-12-26(19)20/h4-5,7-8,10-11,13H,2-3,6,9,12H2,1H3,(H,23,27). The van der Waals surface area contributed by atoms with Crippen LogP contribution in [0.3, 0.4) is 0 Å². The highest BCUT2D eigenvalue weighted by atomic mass is 35.5. The number of benzene rings is 2. The van der Waals surface area contributed by atoms with Crippen LogP contribution >= 0.6 is 11.6 Å². The number of carbonyl (C=O) groups is 1. The number of ether oxygens (including phenoxy) is 1. The second-order valence-electron chi connectivity index (χ2n) is 6.75. The molecule has 7 heteroatoms. The van der Waals surface area contributed by atoms with Crippen LogP contribution < -0.4 is 10.1 Å². The Balaban J connectivity index is 1.65. The van der Waals surface area contributed by atoms with Gasteiger partial charge in [0.25, 0.3) is 5.91 Å². The summed E-state index contributed by atoms with van der Waals surface area (Å²) in [7, 11) is 1.55. The average molecular weight is 397 g/mol. The van der Waals surface area contributed by atoms with Crippen molar-refractivity contribution in [1.29, 1.82) is 0 Å². The van der Waals surface area contributed by atoms with E-state index in [2.05, 4.69) is 20.1 Å². The molecule has 0 bridgehead atoms. The van der Waals surface area contributed by atoms with Gasteiger partial charge < -0.3 is 14.6 Å². The Bertz CT molecular complexity index is 1020. The minimum atomic E-state index is -0.245. The van der Waals surface area contributed by atoms with E-state index in [4.69, 9.17) is 16.3 Å². The summed E-state index contributed by atoms with van der Waals surface area (Å²) in [5.74, 6) is 2.02. The molecule has 144 valence electrons. The lowest BCUT2D eigenvalue weighted by Gasteiger charge is -2.12. The number of aromatic nitrogens is 3. The Morgan fingerprint density at radius 2 is 2.00 bits per heavy atom. The molecule has 1 aromatic heterocycles. The smallest absolute Gasteiger partial charge is 0.259 e. The topological polar surface area (TPSA) is 69.0 Å². The van der Waals surface area contributed by atoms with Crippen LogP contribution in [0.15, 0.2) is 42.5 Å². The molecular weight excluding hydrogens is 376 g/mol. The summed E-state index contributed by atoms with van der Waals surface area (Å²) in [5.41, 5.74) is 1.87. The fourth-order valence-electron chi connectivity index (χ4n) is 3.49. The number of aryl methyl sites for hydroxylation is 1. The number of halogens is 1. The fraction of sp³-hybridized carbons (Fsp3) is 0.286. The van der Waals surface area contributed by atoms with Gasteiger partial charge in [0.2, 0.25) is 0 Å². The molecular formula is C21H21ClN4O2. The number of nitrogens with zero attached hydrogens (tertiary/aromatic N) is 3. The molecule has 4 rings (SSSR count). The van der Waals surface area contributed by atoms with Gasteiger partial charge in [0, 0.05) is 24.2 Å². The summed E-state index contributed by atoms with van der Waals surface area (Å²) in [6.45, 7) is 0.881. The van der Waals surface area contributed by atoms with Gasteiger partial charge in [-0.2, -0.15) is 0 Å². The third kappa shape index (κ3) is 3.60. The Kier molecular flexibility index (Phi) is 5.30. The van der Waals surface area contributed by atoms with Gasteiger partial charge in [-0.15, -0.1) is 10.2 Å². The van der Waals surface area contributed by atoms with Crippen LogP contribution in [0, 0.1) is 0 Å². The van der Waals surface area contributed by atoms with Gasteiger partial charge in [-0.25, -0.2) is 0 Å². The van der Waals surface area contributed by atoms with Crippen molar-refractivity contribution in [3.63, 3.8) is 0 Å². The largest absolute Gasteiger partial charge is 0.496 e. The van der Waals surface area contributed by atoms with Crippen molar-refractivity contribution in [3.05, 3.63) is 58.9 Å². The van der Waals surface area contributed by atoms with Gasteiger partial charge in [0.15, 0.2) is 5.82 Å². The number of amides is 1. The lowest BCUT2D eigenvalue weighted by Crippen LogP contribution is -2.13. The molecule has 28 heavy (non-hydrogen) atoms. The lowest BCUT2D eigenvalue weighted by atomic mass is 10.1. The molecule has 0 unspecified atom stereocenters. The van der Waals surface area contributed by atoms with E-state index < -0.39 is 0 Å². The first-order valence-electron chi connectivity index (χ1n) is 9.34. The molecule has 2 aromatic carbocycles. The Labute approximate surface area is 168 Å². The summed E-state index contributed by atoms with van der Waals surface area (Å²) in [6, 6.07) is 12.5. The number of methoxy groups -OCH3 is 1. The maximum Gasteiger partial charge on any atom is 0.259 e. The van der Waals surface area contributed by atoms with Gasteiger partial charge >= 0.3 is 0 Å². The molecule has 0 radical (unpaired) electrons. The van der Waals surface area contributed by atoms with E-state index in [-0.39, 0.29) is 5.91 Å². The summed E-state index contributed by atoms with van der Waals surface area (Å²) in [5, 5.41) is 12.2. The summed E-state index contributed by atoms with van der Waals surface area (Å²) in [6.07, 6.45) is 4.33. The third-order valence-corrected chi connectivity index (χ3v) is 5.26. The molecule has 6 nitrogen and oxygen atoms in total. The Morgan fingerprint density at radius 1 is 1.14 bits per heavy atom. The van der Waals surface area contributed by atoms with Gasteiger partial charge in [-0.1, -0.05) is 30.2 Å². The fourth-order valence-corrected chi connectivity index (χ4v) is 3.69. The molecule has 1 aliphatic heterocycles. The Morgan fingerprint density at radius 3 is 2.86 bits per heavy atom. The van der Waals surface area contributed by atoms with Crippen molar-refractivity contribution < 1.29 is 9.53 Å². The highest BCUT2D eigenvalue weighted by molar-refractivity contribution is 6.33. The first-order chi connectivity index (χ1) is 13.7. The number of carbonyl (C=O) groups excluding carboxylic acids is 1. The summed E-state index contributed by atoms with van der Waals surface area (Å²) < 4.78 is 7.42. The molecule has 1 N–H and O–H groups in total. The minimum Gasteiger partial charge on any atom is -0.496 e. The van der Waals surface area contributed by atoms with Crippen LogP contribution in [0.25, 0.3) is 11.4 Å². The molecule has 0 atom stereocenters. The lowest BCUT2D eigenvalue weighted by molar-refractivity contribution is 0.102. The minimum absolute atomic E-state index is 0.245. The van der Waals surface area contributed by atoms with E-state index in [1.54, 1.807) is 37.4 Å². The van der Waals surface area contributed by atoms with Crippen molar-refractivity contribution >= 4 is 23.2 Å². The number of nitrogens with one attached hydrogen (secondary N) is 1. The summed E-state index contributed by atoms with van der Waals surface area (Å²) >= 11 is 6.46. The number of rotatable bonds is 4. The van der Waals surface area contributed by atoms with Crippen LogP contribution in [0.2, 0.25) is 5.02 Å². The zero-order valence-electron chi connectivity index (χ0n) is 15.6. The number of fused-ring (bicyclic) bond motifs is 1. The van der Waals surface area contributed by atoms with Crippen molar-refractivity contribution in [2.45, 2.75) is 32.2 Å². The van der Waals surface area contributed by atoms with Crippen LogP contribution in [-0.4, -0.2) is 27.8 Å². The molecule has 3 aromatic rings. The first kappa shape index (κ1) is 18.5. The second kappa shape index (κ2) is 8.02. The molecule has 1 amide bonds. The predicted molar refractivity (Wildman–Crippen MR) is 109 cm³/mol. The van der Waals surface area contributed by atoms with Gasteiger partial charge in [-0.05, 0) is 43.2 Å². The van der Waals surface area contributed by atoms with Crippen LogP contribution in [0.4, 0.5) is 5.69 Å². The van der Waals surface area contributed by atoms with Crippen LogP contribution in [0.1, 0.15) is 35.4 Å². The third-order valence-electron chi connectivity index (χ3n) is 4.93. The van der Waals surface area contributed by atoms with E-state index in [1.807, 2.05) is 12.1 Å². The number of anilines is 1. The van der Waals surface area contributed by atoms with Crippen molar-refractivity contribution in [2.24, 2.45) is 0 Å². The SMILES string of the molecule is COc1ccccc1C(=O)Nc1ccc(Cl)c(-c2nnc3n2CCCCC3)c1. The maximum absolute atomic E-state index is 12.7. The molecule has 0 aliphatic carbocycles. The van der Waals surface area contributed by atoms with E-state index in [0.717, 1.165) is 43.0 Å². The predicted octanol–water partition coefficient (Wildman–Crippen LogP) is 4.59. The quantitative estimate of drug-likeness (QED) is 0.700. The van der Waals surface area contributed by atoms with E-state index >= 15 is 0 Å². The monoisotopic (exact) mass is 396 g/mol. The average Bonchev–Trinajstić information content (AvgIpc) is 2.97. The van der Waals surface area contributed by atoms with Crippen molar-refractivity contribution in [1.82, 2.24) is 14.8 Å². The molecule has 0 saturated heterocycles. The molecule has 0 saturated carbocycles. The van der Waals surface area contributed by atoms with Gasteiger partial charge in [-0.3, -0.25) is 4.79 Å². The number of hydrogen-bond acceptors (Lipinski definition) is 4. The van der Waals surface area contributed by atoms with E-state index in [1.165, 1.54) is 6.42 Å². The highest BCUT2D eigenvalue weighted by Gasteiger charge is 2.19. The Hall–Kier alpha value is -2.86. The van der Waals surface area contributed by atoms with Crippen molar-refractivity contribution in [2.75, 3.05) is 12.4 Å². The highest BCUT2D eigenvalue weighted by Crippen LogP contribution is 2.31. The van der Waals surface area contributed by atoms with E-state index in [0.29, 0.717) is 22.0 Å². The van der Waals surface area contributed by atoms with E-state index in [9.17, 15) is 4.79 Å². The zero-order valence-corrected chi connectivity index (χ0v) is 16.4. The second-order valence-corrected chi connectivity index (χ2v) is 7.16. The molecule has 0 spiro atoms. The van der Waals surface area contributed by atoms with Crippen LogP contribution in [0.5, 0.6) is 5.75 Å². The van der Waals surface area contributed by atoms with Crippen molar-refractivity contribution in [3.8, 4) is 17.1 Å².